The lowest BCUT2D eigenvalue weighted by Crippen LogP contribution is -2.31. The van der Waals surface area contributed by atoms with Gasteiger partial charge in [0, 0.05) is 6.20 Å². The summed E-state index contributed by atoms with van der Waals surface area (Å²) in [7, 11) is 0. The number of aliphatic hydroxyl groups excluding tert-OH is 1. The van der Waals surface area contributed by atoms with Crippen molar-refractivity contribution in [2.75, 3.05) is 0 Å². The van der Waals surface area contributed by atoms with Crippen LogP contribution in [-0.4, -0.2) is 33.4 Å². The summed E-state index contributed by atoms with van der Waals surface area (Å²) in [6.07, 6.45) is 5.05. The maximum Gasteiger partial charge on any atom is 0.358 e. The fourth-order valence-corrected chi connectivity index (χ4v) is 2.20. The molecule has 0 aromatic carbocycles. The number of carboxylic acids is 1. The monoisotopic (exact) mass is 251 g/mol. The van der Waals surface area contributed by atoms with E-state index in [1.807, 2.05) is 0 Å². The number of carboxylic acid groups (broad SMARTS) is 1. The summed E-state index contributed by atoms with van der Waals surface area (Å²) in [6.45, 7) is 0. The van der Waals surface area contributed by atoms with E-state index in [1.165, 1.54) is 6.20 Å². The Labute approximate surface area is 105 Å². The number of aromatic nitrogens is 1. The van der Waals surface area contributed by atoms with E-state index in [1.54, 1.807) is 12.1 Å². The molecule has 1 fully saturated rings. The molecule has 1 saturated carbocycles. The van der Waals surface area contributed by atoms with Gasteiger partial charge in [-0.1, -0.05) is 12.8 Å². The fraction of sp³-hybridized carbons (Fsp3) is 0.538. The third-order valence-corrected chi connectivity index (χ3v) is 3.17. The minimum Gasteiger partial charge on any atom is -0.485 e. The molecule has 1 aliphatic carbocycles. The Morgan fingerprint density at radius 1 is 1.33 bits per heavy atom. The predicted octanol–water partition coefficient (Wildman–Crippen LogP) is 1.85. The topological polar surface area (TPSA) is 79.7 Å². The molecule has 0 saturated heterocycles. The maximum atomic E-state index is 11.0. The largest absolute Gasteiger partial charge is 0.485 e. The van der Waals surface area contributed by atoms with Gasteiger partial charge in [0.05, 0.1) is 6.10 Å². The SMILES string of the molecule is O=C(O)c1ncccc1OC1CCCCCC1O. The van der Waals surface area contributed by atoms with Crippen LogP contribution in [0.4, 0.5) is 0 Å². The van der Waals surface area contributed by atoms with Crippen LogP contribution in [-0.2, 0) is 0 Å². The highest BCUT2D eigenvalue weighted by Gasteiger charge is 2.25. The quantitative estimate of drug-likeness (QED) is 0.801. The highest BCUT2D eigenvalue weighted by atomic mass is 16.5. The molecule has 2 unspecified atom stereocenters. The molecule has 0 aliphatic heterocycles. The summed E-state index contributed by atoms with van der Waals surface area (Å²) < 4.78 is 5.65. The average molecular weight is 251 g/mol. The summed E-state index contributed by atoms with van der Waals surface area (Å²) in [5, 5.41) is 19.0. The Bertz CT molecular complexity index is 421. The van der Waals surface area contributed by atoms with E-state index in [9.17, 15) is 9.90 Å². The number of hydrogen-bond donors (Lipinski definition) is 2. The normalized spacial score (nSPS) is 24.3. The zero-order valence-corrected chi connectivity index (χ0v) is 10.1. The summed E-state index contributed by atoms with van der Waals surface area (Å²) in [6, 6.07) is 3.21. The van der Waals surface area contributed by atoms with Crippen LogP contribution in [0.5, 0.6) is 5.75 Å². The van der Waals surface area contributed by atoms with Crippen LogP contribution in [0.25, 0.3) is 0 Å². The van der Waals surface area contributed by atoms with Crippen molar-refractivity contribution in [2.45, 2.75) is 44.3 Å². The van der Waals surface area contributed by atoms with E-state index in [-0.39, 0.29) is 17.5 Å². The van der Waals surface area contributed by atoms with Crippen molar-refractivity contribution in [3.05, 3.63) is 24.0 Å². The molecule has 1 aromatic heterocycles. The molecule has 2 atom stereocenters. The van der Waals surface area contributed by atoms with Gasteiger partial charge in [0.15, 0.2) is 11.4 Å². The Kier molecular flexibility index (Phi) is 4.15. The molecule has 1 aliphatic rings. The zero-order valence-electron chi connectivity index (χ0n) is 10.1. The molecule has 18 heavy (non-hydrogen) atoms. The lowest BCUT2D eigenvalue weighted by molar-refractivity contribution is 0.0302. The van der Waals surface area contributed by atoms with Gasteiger partial charge in [-0.25, -0.2) is 9.78 Å². The van der Waals surface area contributed by atoms with Crippen LogP contribution >= 0.6 is 0 Å². The smallest absolute Gasteiger partial charge is 0.358 e. The summed E-state index contributed by atoms with van der Waals surface area (Å²) in [5.74, 6) is -0.885. The van der Waals surface area contributed by atoms with Crippen LogP contribution < -0.4 is 4.74 Å². The molecule has 0 amide bonds. The highest BCUT2D eigenvalue weighted by Crippen LogP contribution is 2.24. The van der Waals surface area contributed by atoms with E-state index in [0.717, 1.165) is 25.7 Å². The lowest BCUT2D eigenvalue weighted by Gasteiger charge is -2.22. The van der Waals surface area contributed by atoms with Gasteiger partial charge < -0.3 is 14.9 Å². The van der Waals surface area contributed by atoms with Crippen LogP contribution in [0.1, 0.15) is 42.6 Å². The van der Waals surface area contributed by atoms with E-state index in [0.29, 0.717) is 6.42 Å². The first-order chi connectivity index (χ1) is 8.68. The third-order valence-electron chi connectivity index (χ3n) is 3.17. The number of rotatable bonds is 3. The van der Waals surface area contributed by atoms with Gasteiger partial charge in [0.2, 0.25) is 0 Å². The standard InChI is InChI=1S/C13H17NO4/c15-9-5-2-1-3-6-10(9)18-11-7-4-8-14-12(11)13(16)17/h4,7-10,15H,1-3,5-6H2,(H,16,17). The van der Waals surface area contributed by atoms with Gasteiger partial charge in [-0.15, -0.1) is 0 Å². The Morgan fingerprint density at radius 2 is 2.11 bits per heavy atom. The molecule has 2 N–H and O–H groups in total. The Balaban J connectivity index is 2.14. The Hall–Kier alpha value is -1.62. The van der Waals surface area contributed by atoms with Gasteiger partial charge >= 0.3 is 5.97 Å². The second kappa shape index (κ2) is 5.82. The van der Waals surface area contributed by atoms with Crippen LogP contribution in [0.2, 0.25) is 0 Å². The van der Waals surface area contributed by atoms with E-state index in [2.05, 4.69) is 4.98 Å². The average Bonchev–Trinajstić information content (AvgIpc) is 2.55. The first-order valence-electron chi connectivity index (χ1n) is 6.21. The summed E-state index contributed by atoms with van der Waals surface area (Å²) in [4.78, 5) is 14.8. The molecule has 5 heteroatoms. The molecule has 0 bridgehead atoms. The first-order valence-corrected chi connectivity index (χ1v) is 6.21. The number of nitrogens with zero attached hydrogens (tertiary/aromatic N) is 1. The molecule has 0 spiro atoms. The summed E-state index contributed by atoms with van der Waals surface area (Å²) in [5.41, 5.74) is -0.103. The van der Waals surface area contributed by atoms with Crippen LogP contribution in [0.3, 0.4) is 0 Å². The number of aliphatic hydroxyl groups is 1. The molecule has 0 radical (unpaired) electrons. The molecule has 2 rings (SSSR count). The highest BCUT2D eigenvalue weighted by molar-refractivity contribution is 5.88. The number of hydrogen-bond acceptors (Lipinski definition) is 4. The lowest BCUT2D eigenvalue weighted by atomic mass is 10.1. The van der Waals surface area contributed by atoms with E-state index < -0.39 is 12.1 Å². The minimum atomic E-state index is -1.12. The second-order valence-electron chi connectivity index (χ2n) is 4.52. The molecule has 5 nitrogen and oxygen atoms in total. The Morgan fingerprint density at radius 3 is 2.89 bits per heavy atom. The van der Waals surface area contributed by atoms with Crippen molar-refractivity contribution in [2.24, 2.45) is 0 Å². The van der Waals surface area contributed by atoms with Gasteiger partial charge in [-0.05, 0) is 31.4 Å². The molecular weight excluding hydrogens is 234 g/mol. The number of ether oxygens (including phenoxy) is 1. The van der Waals surface area contributed by atoms with Crippen molar-refractivity contribution in [3.63, 3.8) is 0 Å². The van der Waals surface area contributed by atoms with Gasteiger partial charge in [0.25, 0.3) is 0 Å². The molecule has 1 aromatic rings. The zero-order chi connectivity index (χ0) is 13.0. The summed E-state index contributed by atoms with van der Waals surface area (Å²) >= 11 is 0. The molecule has 98 valence electrons. The van der Waals surface area contributed by atoms with E-state index in [4.69, 9.17) is 9.84 Å². The molecular formula is C13H17NO4. The van der Waals surface area contributed by atoms with Gasteiger partial charge in [-0.2, -0.15) is 0 Å². The fourth-order valence-electron chi connectivity index (χ4n) is 2.20. The number of pyridine rings is 1. The van der Waals surface area contributed by atoms with Crippen molar-refractivity contribution in [1.29, 1.82) is 0 Å². The minimum absolute atomic E-state index is 0.103. The second-order valence-corrected chi connectivity index (χ2v) is 4.52. The predicted molar refractivity (Wildman–Crippen MR) is 64.7 cm³/mol. The van der Waals surface area contributed by atoms with Crippen LogP contribution in [0, 0.1) is 0 Å². The first kappa shape index (κ1) is 12.8. The molecule has 1 heterocycles. The van der Waals surface area contributed by atoms with Gasteiger partial charge in [0.1, 0.15) is 6.10 Å². The van der Waals surface area contributed by atoms with Crippen molar-refractivity contribution in [1.82, 2.24) is 4.98 Å². The van der Waals surface area contributed by atoms with Crippen molar-refractivity contribution < 1.29 is 19.7 Å². The van der Waals surface area contributed by atoms with Crippen LogP contribution in [0.15, 0.2) is 18.3 Å². The van der Waals surface area contributed by atoms with Crippen molar-refractivity contribution >= 4 is 5.97 Å². The van der Waals surface area contributed by atoms with Crippen molar-refractivity contribution in [3.8, 4) is 5.75 Å². The number of aromatic carboxylic acids is 1. The maximum absolute atomic E-state index is 11.0. The number of carbonyl (C=O) groups is 1. The van der Waals surface area contributed by atoms with Gasteiger partial charge in [-0.3, -0.25) is 0 Å². The third kappa shape index (κ3) is 2.98. The van der Waals surface area contributed by atoms with E-state index >= 15 is 0 Å².